The number of nitrogens with one attached hydrogen (secondary N) is 1. The second-order valence-electron chi connectivity index (χ2n) is 5.62. The Hall–Kier alpha value is -2.78. The summed E-state index contributed by atoms with van der Waals surface area (Å²) in [5.41, 5.74) is 3.27. The number of hydrogen-bond acceptors (Lipinski definition) is 4. The Labute approximate surface area is 154 Å². The van der Waals surface area contributed by atoms with Crippen molar-refractivity contribution in [2.45, 2.75) is 13.8 Å². The normalized spacial score (nSPS) is 12.6. The van der Waals surface area contributed by atoms with Crippen molar-refractivity contribution in [3.63, 3.8) is 0 Å². The highest BCUT2D eigenvalue weighted by Gasteiger charge is 2.17. The predicted molar refractivity (Wildman–Crippen MR) is 98.4 cm³/mol. The Balaban J connectivity index is 1.91. The van der Waals surface area contributed by atoms with Crippen LogP contribution in [0.1, 0.15) is 16.7 Å². The standard InChI is InChI=1S/C19H15BrN2O3/c1-11-4-3-5-12(2)18(11)22-19(23)14(9-21)6-13-7-16-17(8-15(13)20)25-10-24-16/h3-8H,10H2,1-2H3,(H,22,23)/b14-6+. The minimum atomic E-state index is -0.454. The van der Waals surface area contributed by atoms with E-state index in [0.29, 0.717) is 21.5 Å². The number of fused-ring (bicyclic) bond motifs is 1. The molecule has 1 heterocycles. The first-order valence-corrected chi connectivity index (χ1v) is 8.37. The maximum Gasteiger partial charge on any atom is 0.266 e. The highest BCUT2D eigenvalue weighted by Crippen LogP contribution is 2.37. The van der Waals surface area contributed by atoms with E-state index in [1.54, 1.807) is 12.1 Å². The van der Waals surface area contributed by atoms with Crippen LogP contribution >= 0.6 is 15.9 Å². The molecule has 1 aliphatic heterocycles. The summed E-state index contributed by atoms with van der Waals surface area (Å²) in [6, 6.07) is 11.2. The Kier molecular flexibility index (Phi) is 4.77. The van der Waals surface area contributed by atoms with E-state index in [1.807, 2.05) is 38.1 Å². The molecule has 1 N–H and O–H groups in total. The van der Waals surface area contributed by atoms with Gasteiger partial charge in [-0.15, -0.1) is 0 Å². The van der Waals surface area contributed by atoms with Crippen molar-refractivity contribution in [2.75, 3.05) is 12.1 Å². The summed E-state index contributed by atoms with van der Waals surface area (Å²) >= 11 is 3.43. The number of ether oxygens (including phenoxy) is 2. The summed E-state index contributed by atoms with van der Waals surface area (Å²) in [6.45, 7) is 3.98. The Bertz CT molecular complexity index is 909. The molecule has 0 radical (unpaired) electrons. The molecular weight excluding hydrogens is 384 g/mol. The molecule has 0 unspecified atom stereocenters. The maximum atomic E-state index is 12.5. The average Bonchev–Trinajstić information content (AvgIpc) is 3.02. The molecule has 25 heavy (non-hydrogen) atoms. The van der Waals surface area contributed by atoms with Crippen molar-refractivity contribution < 1.29 is 14.3 Å². The third-order valence-electron chi connectivity index (χ3n) is 3.88. The van der Waals surface area contributed by atoms with Gasteiger partial charge in [-0.05, 0) is 48.7 Å². The third-order valence-corrected chi connectivity index (χ3v) is 4.56. The number of hydrogen-bond donors (Lipinski definition) is 1. The van der Waals surface area contributed by atoms with Crippen molar-refractivity contribution in [2.24, 2.45) is 0 Å². The van der Waals surface area contributed by atoms with Gasteiger partial charge >= 0.3 is 0 Å². The summed E-state index contributed by atoms with van der Waals surface area (Å²) in [6.07, 6.45) is 1.52. The quantitative estimate of drug-likeness (QED) is 0.616. The fourth-order valence-corrected chi connectivity index (χ4v) is 2.98. The largest absolute Gasteiger partial charge is 0.454 e. The van der Waals surface area contributed by atoms with Gasteiger partial charge in [0.05, 0.1) is 0 Å². The number of carbonyl (C=O) groups is 1. The van der Waals surface area contributed by atoms with E-state index in [0.717, 1.165) is 16.8 Å². The highest BCUT2D eigenvalue weighted by molar-refractivity contribution is 9.10. The fourth-order valence-electron chi connectivity index (χ4n) is 2.54. The van der Waals surface area contributed by atoms with Crippen LogP contribution in [-0.2, 0) is 4.79 Å². The van der Waals surface area contributed by atoms with Crippen LogP contribution in [0.5, 0.6) is 11.5 Å². The summed E-state index contributed by atoms with van der Waals surface area (Å²) in [5, 5.41) is 12.2. The van der Waals surface area contributed by atoms with Crippen LogP contribution in [0, 0.1) is 25.2 Å². The number of nitriles is 1. The lowest BCUT2D eigenvalue weighted by molar-refractivity contribution is -0.112. The molecule has 0 fully saturated rings. The Morgan fingerprint density at radius 3 is 2.52 bits per heavy atom. The van der Waals surface area contributed by atoms with Gasteiger partial charge in [-0.25, -0.2) is 0 Å². The molecule has 5 nitrogen and oxygen atoms in total. The van der Waals surface area contributed by atoms with E-state index in [9.17, 15) is 10.1 Å². The molecule has 0 saturated heterocycles. The minimum absolute atomic E-state index is 0.00205. The lowest BCUT2D eigenvalue weighted by Crippen LogP contribution is -2.15. The minimum Gasteiger partial charge on any atom is -0.454 e. The van der Waals surface area contributed by atoms with Gasteiger partial charge in [0, 0.05) is 10.2 Å². The molecule has 2 aromatic carbocycles. The number of halogens is 1. The topological polar surface area (TPSA) is 71.4 Å². The Morgan fingerprint density at radius 1 is 1.24 bits per heavy atom. The third kappa shape index (κ3) is 3.52. The molecule has 0 aromatic heterocycles. The lowest BCUT2D eigenvalue weighted by atomic mass is 10.1. The predicted octanol–water partition coefficient (Wildman–Crippen LogP) is 4.34. The zero-order valence-electron chi connectivity index (χ0n) is 13.7. The van der Waals surface area contributed by atoms with E-state index in [2.05, 4.69) is 21.2 Å². The highest BCUT2D eigenvalue weighted by atomic mass is 79.9. The van der Waals surface area contributed by atoms with E-state index in [4.69, 9.17) is 9.47 Å². The van der Waals surface area contributed by atoms with E-state index in [1.165, 1.54) is 6.08 Å². The van der Waals surface area contributed by atoms with Crippen LogP contribution in [0.4, 0.5) is 5.69 Å². The number of para-hydroxylation sites is 1. The molecular formula is C19H15BrN2O3. The molecule has 126 valence electrons. The SMILES string of the molecule is Cc1cccc(C)c1NC(=O)/C(C#N)=C/c1cc2c(cc1Br)OCO2. The number of amides is 1. The molecule has 0 bridgehead atoms. The number of anilines is 1. The van der Waals surface area contributed by atoms with Crippen molar-refractivity contribution in [1.29, 1.82) is 5.26 Å². The molecule has 0 atom stereocenters. The first kappa shape index (κ1) is 17.1. The lowest BCUT2D eigenvalue weighted by Gasteiger charge is -2.11. The molecule has 2 aromatic rings. The van der Waals surface area contributed by atoms with Gasteiger partial charge in [0.25, 0.3) is 5.91 Å². The van der Waals surface area contributed by atoms with Crippen LogP contribution in [0.2, 0.25) is 0 Å². The van der Waals surface area contributed by atoms with Crippen molar-refractivity contribution in [3.8, 4) is 17.6 Å². The van der Waals surface area contributed by atoms with Crippen LogP contribution in [-0.4, -0.2) is 12.7 Å². The van der Waals surface area contributed by atoms with Crippen LogP contribution in [0.25, 0.3) is 6.08 Å². The monoisotopic (exact) mass is 398 g/mol. The molecule has 0 spiro atoms. The first-order valence-electron chi connectivity index (χ1n) is 7.58. The van der Waals surface area contributed by atoms with Crippen LogP contribution in [0.3, 0.4) is 0 Å². The average molecular weight is 399 g/mol. The molecule has 6 heteroatoms. The van der Waals surface area contributed by atoms with Gasteiger partial charge in [0.2, 0.25) is 6.79 Å². The number of aryl methyl sites for hydroxylation is 2. The molecule has 3 rings (SSSR count). The summed E-state index contributed by atoms with van der Waals surface area (Å²) in [7, 11) is 0. The van der Waals surface area contributed by atoms with Gasteiger partial charge in [-0.2, -0.15) is 5.26 Å². The van der Waals surface area contributed by atoms with Crippen molar-refractivity contribution >= 4 is 33.6 Å². The zero-order valence-corrected chi connectivity index (χ0v) is 15.3. The molecule has 0 aliphatic carbocycles. The Morgan fingerprint density at radius 2 is 1.88 bits per heavy atom. The zero-order chi connectivity index (χ0) is 18.0. The number of carbonyl (C=O) groups excluding carboxylic acids is 1. The molecule has 1 amide bonds. The second-order valence-corrected chi connectivity index (χ2v) is 6.47. The van der Waals surface area contributed by atoms with Gasteiger partial charge in [-0.3, -0.25) is 4.79 Å². The van der Waals surface area contributed by atoms with Crippen LogP contribution < -0.4 is 14.8 Å². The summed E-state index contributed by atoms with van der Waals surface area (Å²) < 4.78 is 11.4. The van der Waals surface area contributed by atoms with Gasteiger partial charge in [-0.1, -0.05) is 34.1 Å². The van der Waals surface area contributed by atoms with Gasteiger partial charge < -0.3 is 14.8 Å². The van der Waals surface area contributed by atoms with E-state index < -0.39 is 5.91 Å². The number of nitrogens with zero attached hydrogens (tertiary/aromatic N) is 1. The first-order chi connectivity index (χ1) is 12.0. The van der Waals surface area contributed by atoms with Crippen LogP contribution in [0.15, 0.2) is 40.4 Å². The van der Waals surface area contributed by atoms with E-state index >= 15 is 0 Å². The summed E-state index contributed by atoms with van der Waals surface area (Å²) in [5.74, 6) is 0.758. The molecule has 0 saturated carbocycles. The smallest absolute Gasteiger partial charge is 0.266 e. The number of benzene rings is 2. The van der Waals surface area contributed by atoms with Crippen molar-refractivity contribution in [1.82, 2.24) is 0 Å². The van der Waals surface area contributed by atoms with Crippen molar-refractivity contribution in [3.05, 3.63) is 57.1 Å². The second kappa shape index (κ2) is 6.99. The summed E-state index contributed by atoms with van der Waals surface area (Å²) in [4.78, 5) is 12.5. The molecule has 1 aliphatic rings. The van der Waals surface area contributed by atoms with Gasteiger partial charge in [0.1, 0.15) is 11.6 Å². The maximum absolute atomic E-state index is 12.5. The fraction of sp³-hybridized carbons (Fsp3) is 0.158. The van der Waals surface area contributed by atoms with Gasteiger partial charge in [0.15, 0.2) is 11.5 Å². The van der Waals surface area contributed by atoms with E-state index in [-0.39, 0.29) is 12.4 Å². The number of rotatable bonds is 3.